The number of ether oxygens (including phenoxy) is 1. The molecule has 0 N–H and O–H groups in total. The summed E-state index contributed by atoms with van der Waals surface area (Å²) in [5.41, 5.74) is 5.27. The summed E-state index contributed by atoms with van der Waals surface area (Å²) in [6.07, 6.45) is 2.31. The predicted molar refractivity (Wildman–Crippen MR) is 88.2 cm³/mol. The molecule has 2 aliphatic rings. The minimum atomic E-state index is 0.574. The number of aryl methyl sites for hydroxylation is 1. The number of hydrogen-bond donors (Lipinski definition) is 0. The van der Waals surface area contributed by atoms with Gasteiger partial charge in [-0.15, -0.1) is 0 Å². The average molecular weight is 292 g/mol. The van der Waals surface area contributed by atoms with Crippen molar-refractivity contribution in [3.63, 3.8) is 0 Å². The Hall–Kier alpha value is -2.29. The number of fused-ring (bicyclic) bond motifs is 3. The molecule has 112 valence electrons. The van der Waals surface area contributed by atoms with Crippen LogP contribution in [0.1, 0.15) is 23.1 Å². The van der Waals surface area contributed by atoms with Crippen molar-refractivity contribution in [1.29, 1.82) is 0 Å². The Morgan fingerprint density at radius 3 is 2.86 bits per heavy atom. The maximum atomic E-state index is 5.34. The molecule has 1 atom stereocenters. The molecule has 4 rings (SSSR count). The van der Waals surface area contributed by atoms with Gasteiger partial charge in [0.1, 0.15) is 5.75 Å². The normalized spacial score (nSPS) is 19.4. The van der Waals surface area contributed by atoms with Gasteiger partial charge in [-0.25, -0.2) is 0 Å². The summed E-state index contributed by atoms with van der Waals surface area (Å²) < 4.78 is 5.34. The van der Waals surface area contributed by atoms with E-state index in [2.05, 4.69) is 47.5 Å². The van der Waals surface area contributed by atoms with E-state index in [1.807, 2.05) is 6.07 Å². The zero-order valence-corrected chi connectivity index (χ0v) is 12.8. The fraction of sp³-hybridized carbons (Fsp3) is 0.316. The lowest BCUT2D eigenvalue weighted by Gasteiger charge is -2.22. The van der Waals surface area contributed by atoms with Gasteiger partial charge in [0.25, 0.3) is 0 Å². The SMILES string of the molecule is COc1ccc2c(c1)CCC1CN(Cc3ccccc3)N=C21. The van der Waals surface area contributed by atoms with Gasteiger partial charge in [0.2, 0.25) is 0 Å². The standard InChI is InChI=1S/C19H20N2O/c1-22-17-9-10-18-15(11-17)7-8-16-13-21(20-19(16)18)12-14-5-3-2-4-6-14/h2-6,9-11,16H,7-8,12-13H2,1H3. The highest BCUT2D eigenvalue weighted by atomic mass is 16.5. The highest BCUT2D eigenvalue weighted by Crippen LogP contribution is 2.33. The van der Waals surface area contributed by atoms with Crippen LogP contribution in [0, 0.1) is 5.92 Å². The molecule has 0 saturated carbocycles. The van der Waals surface area contributed by atoms with Crippen molar-refractivity contribution in [2.24, 2.45) is 11.0 Å². The van der Waals surface area contributed by atoms with Gasteiger partial charge < -0.3 is 4.74 Å². The number of nitrogens with zero attached hydrogens (tertiary/aromatic N) is 2. The Balaban J connectivity index is 1.60. The third-order valence-corrected chi connectivity index (χ3v) is 4.63. The summed E-state index contributed by atoms with van der Waals surface area (Å²) in [5, 5.41) is 7.13. The molecular formula is C19H20N2O. The van der Waals surface area contributed by atoms with E-state index in [0.717, 1.165) is 25.3 Å². The molecule has 2 aromatic rings. The minimum absolute atomic E-state index is 0.574. The van der Waals surface area contributed by atoms with Crippen molar-refractivity contribution >= 4 is 5.71 Å². The molecule has 3 nitrogen and oxygen atoms in total. The van der Waals surface area contributed by atoms with Gasteiger partial charge in [0, 0.05) is 18.0 Å². The van der Waals surface area contributed by atoms with E-state index in [-0.39, 0.29) is 0 Å². The van der Waals surface area contributed by atoms with Gasteiger partial charge in [0.05, 0.1) is 19.4 Å². The molecule has 0 fully saturated rings. The highest BCUT2D eigenvalue weighted by Gasteiger charge is 2.32. The van der Waals surface area contributed by atoms with Gasteiger partial charge in [-0.1, -0.05) is 30.3 Å². The first-order valence-electron chi connectivity index (χ1n) is 7.88. The predicted octanol–water partition coefficient (Wildman–Crippen LogP) is 3.48. The Bertz CT molecular complexity index is 709. The lowest BCUT2D eigenvalue weighted by atomic mass is 9.82. The van der Waals surface area contributed by atoms with E-state index in [4.69, 9.17) is 9.84 Å². The number of methoxy groups -OCH3 is 1. The van der Waals surface area contributed by atoms with Crippen LogP contribution in [0.4, 0.5) is 0 Å². The van der Waals surface area contributed by atoms with Crippen LogP contribution in [0.3, 0.4) is 0 Å². The first-order valence-corrected chi connectivity index (χ1v) is 7.88. The van der Waals surface area contributed by atoms with Crippen molar-refractivity contribution in [2.75, 3.05) is 13.7 Å². The van der Waals surface area contributed by atoms with E-state index in [1.54, 1.807) is 7.11 Å². The summed E-state index contributed by atoms with van der Waals surface area (Å²) >= 11 is 0. The summed E-state index contributed by atoms with van der Waals surface area (Å²) in [6, 6.07) is 17.0. The third-order valence-electron chi connectivity index (χ3n) is 4.63. The zero-order valence-electron chi connectivity index (χ0n) is 12.8. The molecule has 0 radical (unpaired) electrons. The van der Waals surface area contributed by atoms with Gasteiger partial charge in [-0.05, 0) is 42.2 Å². The summed E-state index contributed by atoms with van der Waals surface area (Å²) in [5.74, 6) is 1.52. The molecule has 1 aliphatic carbocycles. The van der Waals surface area contributed by atoms with Gasteiger partial charge >= 0.3 is 0 Å². The van der Waals surface area contributed by atoms with Crippen molar-refractivity contribution in [3.8, 4) is 5.75 Å². The van der Waals surface area contributed by atoms with Crippen LogP contribution in [0.25, 0.3) is 0 Å². The topological polar surface area (TPSA) is 24.8 Å². The fourth-order valence-corrected chi connectivity index (χ4v) is 3.50. The second-order valence-corrected chi connectivity index (χ2v) is 6.08. The van der Waals surface area contributed by atoms with E-state index in [9.17, 15) is 0 Å². The maximum Gasteiger partial charge on any atom is 0.119 e. The van der Waals surface area contributed by atoms with E-state index < -0.39 is 0 Å². The van der Waals surface area contributed by atoms with E-state index in [0.29, 0.717) is 5.92 Å². The first kappa shape index (κ1) is 13.4. The molecule has 0 bridgehead atoms. The van der Waals surface area contributed by atoms with Crippen molar-refractivity contribution in [3.05, 3.63) is 65.2 Å². The largest absolute Gasteiger partial charge is 0.497 e. The third kappa shape index (κ3) is 2.37. The van der Waals surface area contributed by atoms with Crippen molar-refractivity contribution in [2.45, 2.75) is 19.4 Å². The van der Waals surface area contributed by atoms with E-state index >= 15 is 0 Å². The van der Waals surface area contributed by atoms with E-state index in [1.165, 1.54) is 28.8 Å². The Morgan fingerprint density at radius 1 is 1.18 bits per heavy atom. The van der Waals surface area contributed by atoms with Gasteiger partial charge in [-0.3, -0.25) is 5.01 Å². The van der Waals surface area contributed by atoms with Crippen LogP contribution in [0.5, 0.6) is 5.75 Å². The lowest BCUT2D eigenvalue weighted by Crippen LogP contribution is -2.24. The summed E-state index contributed by atoms with van der Waals surface area (Å²) in [4.78, 5) is 0. The molecule has 1 aliphatic heterocycles. The number of benzene rings is 2. The molecule has 3 heteroatoms. The minimum Gasteiger partial charge on any atom is -0.497 e. The van der Waals surface area contributed by atoms with Crippen LogP contribution in [-0.2, 0) is 13.0 Å². The second kappa shape index (κ2) is 5.48. The molecule has 2 aromatic carbocycles. The number of hydrazone groups is 1. The Labute approximate surface area is 131 Å². The fourth-order valence-electron chi connectivity index (χ4n) is 3.50. The van der Waals surface area contributed by atoms with Gasteiger partial charge in [-0.2, -0.15) is 5.10 Å². The molecule has 0 spiro atoms. The highest BCUT2D eigenvalue weighted by molar-refractivity contribution is 6.05. The summed E-state index contributed by atoms with van der Waals surface area (Å²) in [7, 11) is 1.72. The molecule has 0 aromatic heterocycles. The molecule has 1 heterocycles. The molecular weight excluding hydrogens is 272 g/mol. The number of rotatable bonds is 3. The van der Waals surface area contributed by atoms with Crippen molar-refractivity contribution in [1.82, 2.24) is 5.01 Å². The van der Waals surface area contributed by atoms with Crippen LogP contribution in [-0.4, -0.2) is 24.4 Å². The Morgan fingerprint density at radius 2 is 2.05 bits per heavy atom. The molecule has 0 saturated heterocycles. The van der Waals surface area contributed by atoms with Gasteiger partial charge in [0.15, 0.2) is 0 Å². The monoisotopic (exact) mass is 292 g/mol. The van der Waals surface area contributed by atoms with Crippen LogP contribution in [0.15, 0.2) is 53.6 Å². The lowest BCUT2D eigenvalue weighted by molar-refractivity contribution is 0.283. The smallest absolute Gasteiger partial charge is 0.119 e. The maximum absolute atomic E-state index is 5.34. The average Bonchev–Trinajstić information content (AvgIpc) is 2.98. The number of hydrogen-bond acceptors (Lipinski definition) is 3. The van der Waals surface area contributed by atoms with Crippen molar-refractivity contribution < 1.29 is 4.74 Å². The second-order valence-electron chi connectivity index (χ2n) is 6.08. The Kier molecular flexibility index (Phi) is 3.34. The molecule has 0 amide bonds. The van der Waals surface area contributed by atoms with Crippen LogP contribution >= 0.6 is 0 Å². The molecule has 1 unspecified atom stereocenters. The summed E-state index contributed by atoms with van der Waals surface area (Å²) in [6.45, 7) is 1.93. The first-order chi connectivity index (χ1) is 10.8. The van der Waals surface area contributed by atoms with Crippen LogP contribution in [0.2, 0.25) is 0 Å². The zero-order chi connectivity index (χ0) is 14.9. The molecule has 22 heavy (non-hydrogen) atoms. The van der Waals surface area contributed by atoms with Crippen LogP contribution < -0.4 is 4.74 Å². The quantitative estimate of drug-likeness (QED) is 0.865.